The third kappa shape index (κ3) is 7.65. The van der Waals surface area contributed by atoms with Crippen LogP contribution in [0, 0.1) is 0 Å². The quantitative estimate of drug-likeness (QED) is 0.643. The van der Waals surface area contributed by atoms with Gasteiger partial charge in [-0.1, -0.05) is 0 Å². The first kappa shape index (κ1) is 17.4. The number of anilines is 2. The van der Waals surface area contributed by atoms with Crippen LogP contribution in [0.25, 0.3) is 0 Å². The van der Waals surface area contributed by atoms with Crippen molar-refractivity contribution in [3.05, 3.63) is 24.3 Å². The molecule has 0 aliphatic carbocycles. The Labute approximate surface area is 125 Å². The average molecular weight is 296 g/mol. The summed E-state index contributed by atoms with van der Waals surface area (Å²) in [7, 11) is 1.61. The molecule has 3 N–H and O–H groups in total. The van der Waals surface area contributed by atoms with Gasteiger partial charge in [-0.15, -0.1) is 0 Å². The molecule has 0 radical (unpaired) electrons. The molecule has 0 aliphatic rings. The van der Waals surface area contributed by atoms with Crippen molar-refractivity contribution >= 4 is 17.3 Å². The zero-order valence-corrected chi connectivity index (χ0v) is 12.8. The maximum absolute atomic E-state index is 10.9. The van der Waals surface area contributed by atoms with Crippen LogP contribution in [0.5, 0.6) is 0 Å². The lowest BCUT2D eigenvalue weighted by Gasteiger charge is -2.17. The van der Waals surface area contributed by atoms with Crippen LogP contribution in [0.4, 0.5) is 11.4 Å². The summed E-state index contributed by atoms with van der Waals surface area (Å²) in [5, 5.41) is 15.6. The van der Waals surface area contributed by atoms with Crippen LogP contribution in [0.1, 0.15) is 13.8 Å². The summed E-state index contributed by atoms with van der Waals surface area (Å²) in [5.74, 6) is -0.103. The highest BCUT2D eigenvalue weighted by Gasteiger charge is 2.08. The second kappa shape index (κ2) is 9.33. The molecule has 6 nitrogen and oxygen atoms in total. The molecule has 0 saturated carbocycles. The Balaban J connectivity index is 2.29. The average Bonchev–Trinajstić information content (AvgIpc) is 2.44. The molecule has 0 aromatic heterocycles. The van der Waals surface area contributed by atoms with Crippen molar-refractivity contribution in [2.24, 2.45) is 0 Å². The third-order valence-corrected chi connectivity index (χ3v) is 2.72. The molecule has 0 fully saturated rings. The number of nitrogens with one attached hydrogen (secondary N) is 2. The Bertz CT molecular complexity index is 422. The first-order chi connectivity index (χ1) is 10.0. The lowest BCUT2D eigenvalue weighted by atomic mass is 10.2. The number of aliphatic hydroxyl groups is 1. The molecule has 0 aliphatic heterocycles. The van der Waals surface area contributed by atoms with Crippen molar-refractivity contribution in [1.29, 1.82) is 0 Å². The third-order valence-electron chi connectivity index (χ3n) is 2.72. The summed E-state index contributed by atoms with van der Waals surface area (Å²) in [4.78, 5) is 10.9. The fraction of sp³-hybridized carbons (Fsp3) is 0.533. The molecule has 21 heavy (non-hydrogen) atoms. The van der Waals surface area contributed by atoms with Crippen molar-refractivity contribution in [3.63, 3.8) is 0 Å². The number of benzene rings is 1. The van der Waals surface area contributed by atoms with Crippen LogP contribution < -0.4 is 10.6 Å². The number of carbonyl (C=O) groups is 1. The summed E-state index contributed by atoms with van der Waals surface area (Å²) in [6, 6.07) is 7.28. The van der Waals surface area contributed by atoms with Gasteiger partial charge in [-0.25, -0.2) is 0 Å². The minimum absolute atomic E-state index is 0.0402. The van der Waals surface area contributed by atoms with Gasteiger partial charge in [-0.2, -0.15) is 0 Å². The summed E-state index contributed by atoms with van der Waals surface area (Å²) in [6.07, 6.45) is -0.638. The van der Waals surface area contributed by atoms with Crippen molar-refractivity contribution in [2.45, 2.75) is 26.1 Å². The van der Waals surface area contributed by atoms with Gasteiger partial charge < -0.3 is 25.2 Å². The van der Waals surface area contributed by atoms with Crippen molar-refractivity contribution in [2.75, 3.05) is 37.5 Å². The van der Waals surface area contributed by atoms with E-state index in [0.29, 0.717) is 13.2 Å². The standard InChI is InChI=1S/C15H24N2O4/c1-11(9-20-3)21-10-15(19)8-16-13-4-6-14(7-5-13)17-12(2)18/h4-7,11,15-16,19H,8-10H2,1-3H3,(H,17,18). The lowest BCUT2D eigenvalue weighted by Crippen LogP contribution is -2.28. The summed E-state index contributed by atoms with van der Waals surface area (Å²) >= 11 is 0. The van der Waals surface area contributed by atoms with Crippen LogP contribution >= 0.6 is 0 Å². The van der Waals surface area contributed by atoms with Crippen LogP contribution in [0.15, 0.2) is 24.3 Å². The van der Waals surface area contributed by atoms with E-state index in [0.717, 1.165) is 11.4 Å². The van der Waals surface area contributed by atoms with E-state index in [-0.39, 0.29) is 18.6 Å². The molecule has 0 bridgehead atoms. The van der Waals surface area contributed by atoms with Crippen LogP contribution in [0.2, 0.25) is 0 Å². The van der Waals surface area contributed by atoms with Gasteiger partial charge in [0.2, 0.25) is 5.91 Å². The molecule has 1 amide bonds. The van der Waals surface area contributed by atoms with E-state index < -0.39 is 6.10 Å². The van der Waals surface area contributed by atoms with Gasteiger partial charge in [0.15, 0.2) is 0 Å². The highest BCUT2D eigenvalue weighted by molar-refractivity contribution is 5.88. The number of methoxy groups -OCH3 is 1. The predicted molar refractivity (Wildman–Crippen MR) is 82.5 cm³/mol. The molecule has 0 saturated heterocycles. The minimum Gasteiger partial charge on any atom is -0.389 e. The number of hydrogen-bond donors (Lipinski definition) is 3. The largest absolute Gasteiger partial charge is 0.389 e. The molecule has 2 unspecified atom stereocenters. The molecule has 0 spiro atoms. The van der Waals surface area contributed by atoms with Crippen molar-refractivity contribution in [3.8, 4) is 0 Å². The van der Waals surface area contributed by atoms with E-state index in [2.05, 4.69) is 10.6 Å². The van der Waals surface area contributed by atoms with Gasteiger partial charge >= 0.3 is 0 Å². The first-order valence-electron chi connectivity index (χ1n) is 6.91. The Morgan fingerprint density at radius 2 is 1.86 bits per heavy atom. The lowest BCUT2D eigenvalue weighted by molar-refractivity contribution is -0.114. The number of rotatable bonds is 9. The Morgan fingerprint density at radius 1 is 1.24 bits per heavy atom. The molecule has 118 valence electrons. The van der Waals surface area contributed by atoms with E-state index in [1.807, 2.05) is 19.1 Å². The SMILES string of the molecule is COCC(C)OCC(O)CNc1ccc(NC(C)=O)cc1. The second-order valence-electron chi connectivity index (χ2n) is 4.89. The van der Waals surface area contributed by atoms with Crippen molar-refractivity contribution < 1.29 is 19.4 Å². The van der Waals surface area contributed by atoms with Gasteiger partial charge in [0.05, 0.1) is 25.4 Å². The molecule has 1 aromatic rings. The molecular formula is C15H24N2O4. The number of hydrogen-bond acceptors (Lipinski definition) is 5. The number of amides is 1. The fourth-order valence-corrected chi connectivity index (χ4v) is 1.73. The highest BCUT2D eigenvalue weighted by Crippen LogP contribution is 2.13. The second-order valence-corrected chi connectivity index (χ2v) is 4.89. The van der Waals surface area contributed by atoms with E-state index in [1.165, 1.54) is 6.92 Å². The molecular weight excluding hydrogens is 272 g/mol. The molecule has 2 atom stereocenters. The smallest absolute Gasteiger partial charge is 0.221 e. The monoisotopic (exact) mass is 296 g/mol. The van der Waals surface area contributed by atoms with E-state index >= 15 is 0 Å². The van der Waals surface area contributed by atoms with Gasteiger partial charge in [0.1, 0.15) is 0 Å². The fourth-order valence-electron chi connectivity index (χ4n) is 1.73. The van der Waals surface area contributed by atoms with Crippen LogP contribution in [0.3, 0.4) is 0 Å². The minimum atomic E-state index is -0.598. The molecule has 1 aromatic carbocycles. The highest BCUT2D eigenvalue weighted by atomic mass is 16.5. The van der Waals surface area contributed by atoms with Gasteiger partial charge in [0.25, 0.3) is 0 Å². The zero-order chi connectivity index (χ0) is 15.7. The summed E-state index contributed by atoms with van der Waals surface area (Å²) in [5.41, 5.74) is 1.61. The molecule has 6 heteroatoms. The summed E-state index contributed by atoms with van der Waals surface area (Å²) < 4.78 is 10.4. The van der Waals surface area contributed by atoms with E-state index in [4.69, 9.17) is 9.47 Å². The van der Waals surface area contributed by atoms with E-state index in [1.54, 1.807) is 19.2 Å². The summed E-state index contributed by atoms with van der Waals surface area (Å²) in [6.45, 7) is 4.50. The maximum Gasteiger partial charge on any atom is 0.221 e. The normalized spacial score (nSPS) is 13.5. The number of ether oxygens (including phenoxy) is 2. The van der Waals surface area contributed by atoms with Crippen LogP contribution in [-0.4, -0.2) is 50.1 Å². The van der Waals surface area contributed by atoms with Crippen molar-refractivity contribution in [1.82, 2.24) is 0 Å². The molecule has 0 heterocycles. The zero-order valence-electron chi connectivity index (χ0n) is 12.8. The Morgan fingerprint density at radius 3 is 2.43 bits per heavy atom. The molecule has 1 rings (SSSR count). The Kier molecular flexibility index (Phi) is 7.74. The number of aliphatic hydroxyl groups excluding tert-OH is 1. The van der Waals surface area contributed by atoms with Gasteiger partial charge in [-0.05, 0) is 31.2 Å². The predicted octanol–water partition coefficient (Wildman–Crippen LogP) is 1.47. The number of carbonyl (C=O) groups excluding carboxylic acids is 1. The first-order valence-corrected chi connectivity index (χ1v) is 6.91. The van der Waals surface area contributed by atoms with E-state index in [9.17, 15) is 9.90 Å². The van der Waals surface area contributed by atoms with Crippen LogP contribution in [-0.2, 0) is 14.3 Å². The van der Waals surface area contributed by atoms with Gasteiger partial charge in [0, 0.05) is 32.0 Å². The maximum atomic E-state index is 10.9. The Hall–Kier alpha value is -1.63. The van der Waals surface area contributed by atoms with Gasteiger partial charge in [-0.3, -0.25) is 4.79 Å². The topological polar surface area (TPSA) is 79.8 Å².